The Morgan fingerprint density at radius 2 is 1.54 bits per heavy atom. The van der Waals surface area contributed by atoms with Crippen LogP contribution in [0.4, 0.5) is 0 Å². The fourth-order valence-corrected chi connectivity index (χ4v) is 3.48. The Hall–Kier alpha value is -2.79. The first kappa shape index (κ1) is 14.8. The van der Waals surface area contributed by atoms with Gasteiger partial charge in [0.15, 0.2) is 5.82 Å². The normalized spacial score (nSPS) is 12.2. The highest BCUT2D eigenvalue weighted by Crippen LogP contribution is 2.18. The summed E-state index contributed by atoms with van der Waals surface area (Å²) in [6.45, 7) is 4.07. The summed E-state index contributed by atoms with van der Waals surface area (Å²) in [6.07, 6.45) is 1.90. The lowest BCUT2D eigenvalue weighted by atomic mass is 10.1. The van der Waals surface area contributed by atoms with Gasteiger partial charge < -0.3 is 0 Å². The monoisotopic (exact) mass is 333 g/mol. The summed E-state index contributed by atoms with van der Waals surface area (Å²) in [5.41, 5.74) is 4.19. The molecule has 118 valence electrons. The maximum atomic E-state index is 12.8. The molecule has 0 unspecified atom stereocenters. The van der Waals surface area contributed by atoms with Gasteiger partial charge in [-0.3, -0.25) is 4.79 Å². The minimum atomic E-state index is -0.0730. The predicted molar refractivity (Wildman–Crippen MR) is 97.3 cm³/mol. The van der Waals surface area contributed by atoms with Crippen LogP contribution in [0.5, 0.6) is 0 Å². The minimum Gasteiger partial charge on any atom is -0.267 e. The van der Waals surface area contributed by atoms with Gasteiger partial charge in [-0.15, -0.1) is 10.2 Å². The van der Waals surface area contributed by atoms with Gasteiger partial charge in [-0.25, -0.2) is 4.40 Å². The van der Waals surface area contributed by atoms with Crippen molar-refractivity contribution in [2.45, 2.75) is 13.8 Å². The molecule has 4 nitrogen and oxygen atoms in total. The number of benzene rings is 2. The summed E-state index contributed by atoms with van der Waals surface area (Å²) in [4.78, 5) is 13.4. The van der Waals surface area contributed by atoms with Gasteiger partial charge >= 0.3 is 0 Å². The van der Waals surface area contributed by atoms with Crippen LogP contribution in [0.1, 0.15) is 16.7 Å². The first-order valence-corrected chi connectivity index (χ1v) is 8.47. The van der Waals surface area contributed by atoms with Crippen LogP contribution >= 0.6 is 11.3 Å². The van der Waals surface area contributed by atoms with Gasteiger partial charge in [0.25, 0.3) is 5.56 Å². The zero-order valence-electron chi connectivity index (χ0n) is 13.4. The number of thiazole rings is 1. The molecule has 0 saturated heterocycles. The standard InChI is InChI=1S/C19H15N3OS/c1-12-3-7-14(8-4-12)11-16-18(23)22-17(20-21-19(22)24-16)15-9-5-13(2)6-10-15/h3-11H,1-2H3/b16-11-. The number of aryl methyl sites for hydroxylation is 2. The molecule has 4 aromatic rings. The van der Waals surface area contributed by atoms with E-state index in [1.54, 1.807) is 4.40 Å². The first-order chi connectivity index (χ1) is 11.6. The molecule has 0 radical (unpaired) electrons. The molecule has 0 spiro atoms. The van der Waals surface area contributed by atoms with Crippen molar-refractivity contribution in [1.82, 2.24) is 14.6 Å². The van der Waals surface area contributed by atoms with Crippen molar-refractivity contribution in [2.24, 2.45) is 0 Å². The van der Waals surface area contributed by atoms with Gasteiger partial charge in [0.2, 0.25) is 4.96 Å². The van der Waals surface area contributed by atoms with Crippen LogP contribution < -0.4 is 10.1 Å². The van der Waals surface area contributed by atoms with E-state index in [4.69, 9.17) is 0 Å². The SMILES string of the molecule is Cc1ccc(/C=c2\sc3nnc(-c4ccc(C)cc4)n3c2=O)cc1. The molecule has 0 N–H and O–H groups in total. The summed E-state index contributed by atoms with van der Waals surface area (Å²) in [6, 6.07) is 16.0. The molecule has 0 bridgehead atoms. The molecule has 0 aliphatic heterocycles. The maximum absolute atomic E-state index is 12.8. The molecule has 2 aromatic carbocycles. The number of fused-ring (bicyclic) bond motifs is 1. The summed E-state index contributed by atoms with van der Waals surface area (Å²) < 4.78 is 2.26. The Kier molecular flexibility index (Phi) is 3.50. The summed E-state index contributed by atoms with van der Waals surface area (Å²) in [5.74, 6) is 0.592. The van der Waals surface area contributed by atoms with Crippen LogP contribution in [0.3, 0.4) is 0 Å². The molecule has 0 aliphatic carbocycles. The largest absolute Gasteiger partial charge is 0.276 e. The van der Waals surface area contributed by atoms with E-state index in [-0.39, 0.29) is 5.56 Å². The van der Waals surface area contributed by atoms with Crippen molar-refractivity contribution in [3.8, 4) is 11.4 Å². The molecule has 0 fully saturated rings. The van der Waals surface area contributed by atoms with E-state index >= 15 is 0 Å². The molecule has 0 amide bonds. The third kappa shape index (κ3) is 2.53. The summed E-state index contributed by atoms with van der Waals surface area (Å²) in [7, 11) is 0. The Bertz CT molecular complexity index is 1120. The second kappa shape index (κ2) is 5.69. The number of nitrogens with zero attached hydrogens (tertiary/aromatic N) is 3. The topological polar surface area (TPSA) is 47.3 Å². The van der Waals surface area contributed by atoms with Crippen LogP contribution in [0.25, 0.3) is 22.4 Å². The van der Waals surface area contributed by atoms with E-state index in [9.17, 15) is 4.79 Å². The lowest BCUT2D eigenvalue weighted by Crippen LogP contribution is -2.23. The highest BCUT2D eigenvalue weighted by atomic mass is 32.1. The van der Waals surface area contributed by atoms with Crippen molar-refractivity contribution in [1.29, 1.82) is 0 Å². The van der Waals surface area contributed by atoms with E-state index < -0.39 is 0 Å². The van der Waals surface area contributed by atoms with Gasteiger partial charge in [-0.2, -0.15) is 0 Å². The molecule has 4 rings (SSSR count). The number of aromatic nitrogens is 3. The van der Waals surface area contributed by atoms with E-state index in [0.29, 0.717) is 15.3 Å². The van der Waals surface area contributed by atoms with Crippen LogP contribution in [0.2, 0.25) is 0 Å². The Morgan fingerprint density at radius 1 is 0.917 bits per heavy atom. The average molecular weight is 333 g/mol. The zero-order chi connectivity index (χ0) is 16.7. The lowest BCUT2D eigenvalue weighted by molar-refractivity contribution is 1.09. The smallest absolute Gasteiger partial charge is 0.267 e. The molecule has 2 aromatic heterocycles. The quantitative estimate of drug-likeness (QED) is 0.566. The van der Waals surface area contributed by atoms with Gasteiger partial charge in [0, 0.05) is 5.56 Å². The molecular weight excluding hydrogens is 318 g/mol. The molecule has 2 heterocycles. The number of hydrogen-bond donors (Lipinski definition) is 0. The van der Waals surface area contributed by atoms with Crippen LogP contribution in [-0.4, -0.2) is 14.6 Å². The molecule has 24 heavy (non-hydrogen) atoms. The Morgan fingerprint density at radius 3 is 2.21 bits per heavy atom. The van der Waals surface area contributed by atoms with E-state index in [1.807, 2.05) is 68.5 Å². The molecule has 0 aliphatic rings. The highest BCUT2D eigenvalue weighted by Gasteiger charge is 2.13. The van der Waals surface area contributed by atoms with Gasteiger partial charge in [0.05, 0.1) is 4.53 Å². The van der Waals surface area contributed by atoms with Crippen LogP contribution in [0.15, 0.2) is 53.3 Å². The average Bonchev–Trinajstić information content (AvgIpc) is 3.12. The summed E-state index contributed by atoms with van der Waals surface area (Å²) in [5, 5.41) is 8.35. The molecule has 0 atom stereocenters. The van der Waals surface area contributed by atoms with Crippen LogP contribution in [-0.2, 0) is 0 Å². The van der Waals surface area contributed by atoms with Gasteiger partial charge in [0.1, 0.15) is 0 Å². The third-order valence-electron chi connectivity index (χ3n) is 3.93. The second-order valence-electron chi connectivity index (χ2n) is 5.83. The van der Waals surface area contributed by atoms with Crippen molar-refractivity contribution >= 4 is 22.4 Å². The zero-order valence-corrected chi connectivity index (χ0v) is 14.2. The van der Waals surface area contributed by atoms with Crippen molar-refractivity contribution in [3.05, 3.63) is 80.1 Å². The van der Waals surface area contributed by atoms with Crippen molar-refractivity contribution in [3.63, 3.8) is 0 Å². The van der Waals surface area contributed by atoms with E-state index in [1.165, 1.54) is 22.5 Å². The van der Waals surface area contributed by atoms with Gasteiger partial charge in [-0.05, 0) is 25.5 Å². The highest BCUT2D eigenvalue weighted by molar-refractivity contribution is 7.15. The second-order valence-corrected chi connectivity index (χ2v) is 6.84. The number of rotatable bonds is 2. The maximum Gasteiger partial charge on any atom is 0.276 e. The Balaban J connectivity index is 1.89. The molecule has 0 saturated carbocycles. The molecular formula is C19H15N3OS. The van der Waals surface area contributed by atoms with Crippen molar-refractivity contribution < 1.29 is 0 Å². The fourth-order valence-electron chi connectivity index (χ4n) is 2.57. The first-order valence-electron chi connectivity index (χ1n) is 7.65. The third-order valence-corrected chi connectivity index (χ3v) is 4.89. The Labute approximate surface area is 142 Å². The lowest BCUT2D eigenvalue weighted by Gasteiger charge is -1.97. The molecule has 5 heteroatoms. The summed E-state index contributed by atoms with van der Waals surface area (Å²) >= 11 is 1.36. The van der Waals surface area contributed by atoms with Gasteiger partial charge in [-0.1, -0.05) is 71.0 Å². The number of hydrogen-bond acceptors (Lipinski definition) is 4. The van der Waals surface area contributed by atoms with Crippen molar-refractivity contribution in [2.75, 3.05) is 0 Å². The van der Waals surface area contributed by atoms with E-state index in [2.05, 4.69) is 10.2 Å². The predicted octanol–water partition coefficient (Wildman–Crippen LogP) is 2.98. The van der Waals surface area contributed by atoms with Crippen LogP contribution in [0, 0.1) is 13.8 Å². The van der Waals surface area contributed by atoms with E-state index in [0.717, 1.165) is 11.1 Å². The fraction of sp³-hybridized carbons (Fsp3) is 0.105. The minimum absolute atomic E-state index is 0.0730.